The number of aryl methyl sites for hydroxylation is 1. The molecule has 0 aromatic heterocycles. The number of benzene rings is 4. The molecule has 0 saturated carbocycles. The standard InChI is InChI=1S/C45H72N2/c1-6-7-8-9-10-11-12-13-14-15-16-17-19-22-35-46(2,3)37-25-38-47(4,5)36-23-20-18-21-26-39-29-30-42-32-31-40-27-24-28-41-33-34-43(39)45(42)44(40)41/h24,27-34H,6-23,25-26,35-38H2,1-5H3/q+2. The summed E-state index contributed by atoms with van der Waals surface area (Å²) < 4.78 is 2.37. The maximum atomic E-state index is 2.46. The van der Waals surface area contributed by atoms with Crippen LogP contribution < -0.4 is 0 Å². The van der Waals surface area contributed by atoms with Gasteiger partial charge in [0.1, 0.15) is 0 Å². The van der Waals surface area contributed by atoms with E-state index in [1.54, 1.807) is 0 Å². The Balaban J connectivity index is 1.02. The first-order chi connectivity index (χ1) is 22.8. The fourth-order valence-corrected chi connectivity index (χ4v) is 8.11. The van der Waals surface area contributed by atoms with Gasteiger partial charge in [-0.15, -0.1) is 0 Å². The van der Waals surface area contributed by atoms with Crippen molar-refractivity contribution in [3.63, 3.8) is 0 Å². The molecule has 0 fully saturated rings. The fraction of sp³-hybridized carbons (Fsp3) is 0.644. The van der Waals surface area contributed by atoms with E-state index in [4.69, 9.17) is 0 Å². The number of hydrogen-bond donors (Lipinski definition) is 0. The van der Waals surface area contributed by atoms with Crippen molar-refractivity contribution in [2.24, 2.45) is 0 Å². The summed E-state index contributed by atoms with van der Waals surface area (Å²) in [7, 11) is 9.84. The Morgan fingerprint density at radius 2 is 0.787 bits per heavy atom. The summed E-state index contributed by atoms with van der Waals surface area (Å²) in [4.78, 5) is 0. The minimum absolute atomic E-state index is 1.17. The summed E-state index contributed by atoms with van der Waals surface area (Å²) in [6.45, 7) is 7.59. The first-order valence-electron chi connectivity index (χ1n) is 20.1. The third-order valence-corrected chi connectivity index (χ3v) is 11.2. The quantitative estimate of drug-likeness (QED) is 0.0364. The van der Waals surface area contributed by atoms with Gasteiger partial charge in [-0.25, -0.2) is 0 Å². The monoisotopic (exact) mass is 641 g/mol. The molecule has 4 aromatic carbocycles. The normalized spacial score (nSPS) is 12.7. The number of hydrogen-bond acceptors (Lipinski definition) is 0. The highest BCUT2D eigenvalue weighted by Crippen LogP contribution is 2.36. The Kier molecular flexibility index (Phi) is 15.8. The highest BCUT2D eigenvalue weighted by Gasteiger charge is 2.19. The molecule has 0 amide bonds. The van der Waals surface area contributed by atoms with E-state index in [0.29, 0.717) is 0 Å². The largest absolute Gasteiger partial charge is 0.328 e. The highest BCUT2D eigenvalue weighted by molar-refractivity contribution is 6.23. The van der Waals surface area contributed by atoms with Crippen LogP contribution in [0.5, 0.6) is 0 Å². The number of nitrogens with zero attached hydrogens (tertiary/aromatic N) is 2. The van der Waals surface area contributed by atoms with Crippen LogP contribution in [0.15, 0.2) is 54.6 Å². The molecule has 0 spiro atoms. The molecule has 0 saturated heterocycles. The molecule has 4 aromatic rings. The van der Waals surface area contributed by atoms with Gasteiger partial charge >= 0.3 is 0 Å². The van der Waals surface area contributed by atoms with Crippen molar-refractivity contribution in [3.05, 3.63) is 60.2 Å². The third-order valence-electron chi connectivity index (χ3n) is 11.2. The Hall–Kier alpha value is -2.16. The molecule has 0 N–H and O–H groups in total. The second-order valence-corrected chi connectivity index (χ2v) is 16.5. The smallest absolute Gasteiger partial charge is 0.0836 e. The molecule has 0 radical (unpaired) electrons. The molecule has 0 bridgehead atoms. The lowest BCUT2D eigenvalue weighted by molar-refractivity contribution is -0.909. The topological polar surface area (TPSA) is 0 Å². The SMILES string of the molecule is CCCCCCCCCCCCCCCC[N+](C)(C)CCC[N+](C)(C)CCCCCCc1ccc2ccc3cccc4ccc1c2c34. The van der Waals surface area contributed by atoms with E-state index in [9.17, 15) is 0 Å². The van der Waals surface area contributed by atoms with Gasteiger partial charge in [-0.05, 0) is 76.4 Å². The lowest BCUT2D eigenvalue weighted by atomic mass is 9.90. The first-order valence-corrected chi connectivity index (χ1v) is 20.1. The molecule has 0 aliphatic rings. The maximum Gasteiger partial charge on any atom is 0.0836 e. The van der Waals surface area contributed by atoms with Crippen molar-refractivity contribution in [1.82, 2.24) is 0 Å². The van der Waals surface area contributed by atoms with E-state index in [1.807, 2.05) is 0 Å². The van der Waals surface area contributed by atoms with Crippen LogP contribution in [0.4, 0.5) is 0 Å². The van der Waals surface area contributed by atoms with Gasteiger partial charge in [-0.1, -0.05) is 145 Å². The van der Waals surface area contributed by atoms with Crippen molar-refractivity contribution in [1.29, 1.82) is 0 Å². The van der Waals surface area contributed by atoms with Gasteiger partial charge < -0.3 is 8.97 Å². The molecule has 2 heteroatoms. The third kappa shape index (κ3) is 12.7. The number of rotatable bonds is 26. The van der Waals surface area contributed by atoms with Gasteiger partial charge in [0.05, 0.1) is 54.4 Å². The number of quaternary nitrogens is 2. The maximum absolute atomic E-state index is 2.46. The Labute approximate surface area is 290 Å². The molecule has 0 atom stereocenters. The van der Waals surface area contributed by atoms with Crippen LogP contribution in [-0.2, 0) is 6.42 Å². The van der Waals surface area contributed by atoms with Gasteiger partial charge in [0, 0.05) is 6.42 Å². The summed E-state index contributed by atoms with van der Waals surface area (Å²) in [6, 6.07) is 20.7. The minimum atomic E-state index is 1.17. The molecule has 0 heterocycles. The molecular weight excluding hydrogens is 569 g/mol. The van der Waals surface area contributed by atoms with Crippen LogP contribution in [0.1, 0.15) is 134 Å². The van der Waals surface area contributed by atoms with Crippen LogP contribution in [0.2, 0.25) is 0 Å². The van der Waals surface area contributed by atoms with Gasteiger partial charge in [0.15, 0.2) is 0 Å². The highest BCUT2D eigenvalue weighted by atomic mass is 15.3. The van der Waals surface area contributed by atoms with Crippen LogP contribution in [0.3, 0.4) is 0 Å². The van der Waals surface area contributed by atoms with Crippen molar-refractivity contribution >= 4 is 32.3 Å². The van der Waals surface area contributed by atoms with Gasteiger partial charge in [0.2, 0.25) is 0 Å². The average Bonchev–Trinajstić information content (AvgIpc) is 3.05. The molecule has 4 rings (SSSR count). The van der Waals surface area contributed by atoms with E-state index in [0.717, 1.165) is 0 Å². The van der Waals surface area contributed by atoms with Crippen molar-refractivity contribution in [2.75, 3.05) is 54.4 Å². The lowest BCUT2D eigenvalue weighted by Gasteiger charge is -2.33. The summed E-state index contributed by atoms with van der Waals surface area (Å²) in [5, 5.41) is 8.50. The van der Waals surface area contributed by atoms with E-state index >= 15 is 0 Å². The Bertz CT molecular complexity index is 1400. The van der Waals surface area contributed by atoms with Gasteiger partial charge in [-0.3, -0.25) is 0 Å². The average molecular weight is 641 g/mol. The lowest BCUT2D eigenvalue weighted by Crippen LogP contribution is -2.46. The molecule has 260 valence electrons. The van der Waals surface area contributed by atoms with Gasteiger partial charge in [-0.2, -0.15) is 0 Å². The first kappa shape index (κ1) is 37.7. The predicted molar refractivity (Wildman–Crippen MR) is 211 cm³/mol. The molecule has 0 unspecified atom stereocenters. The summed E-state index contributed by atoms with van der Waals surface area (Å²) in [6.07, 6.45) is 28.1. The molecule has 2 nitrogen and oxygen atoms in total. The van der Waals surface area contributed by atoms with Crippen LogP contribution in [-0.4, -0.2) is 63.3 Å². The summed E-state index contributed by atoms with van der Waals surface area (Å²) in [5.41, 5.74) is 1.53. The fourth-order valence-electron chi connectivity index (χ4n) is 8.11. The Morgan fingerprint density at radius 1 is 0.383 bits per heavy atom. The van der Waals surface area contributed by atoms with Crippen molar-refractivity contribution in [3.8, 4) is 0 Å². The van der Waals surface area contributed by atoms with Crippen molar-refractivity contribution in [2.45, 2.75) is 135 Å². The second kappa shape index (κ2) is 19.7. The van der Waals surface area contributed by atoms with Crippen LogP contribution >= 0.6 is 0 Å². The number of unbranched alkanes of at least 4 members (excludes halogenated alkanes) is 16. The minimum Gasteiger partial charge on any atom is -0.328 e. The second-order valence-electron chi connectivity index (χ2n) is 16.5. The van der Waals surface area contributed by atoms with E-state index in [1.165, 1.54) is 201 Å². The molecular formula is C45H72N2+2. The zero-order valence-corrected chi connectivity index (χ0v) is 31.6. The predicted octanol–water partition coefficient (Wildman–Crippen LogP) is 12.7. The molecule has 0 aliphatic carbocycles. The van der Waals surface area contributed by atoms with Crippen LogP contribution in [0, 0.1) is 0 Å². The van der Waals surface area contributed by atoms with E-state index in [2.05, 4.69) is 89.7 Å². The summed E-state index contributed by atoms with van der Waals surface area (Å²) >= 11 is 0. The summed E-state index contributed by atoms with van der Waals surface area (Å²) in [5.74, 6) is 0. The van der Waals surface area contributed by atoms with Crippen LogP contribution in [0.25, 0.3) is 32.3 Å². The zero-order chi connectivity index (χ0) is 33.4. The van der Waals surface area contributed by atoms with E-state index in [-0.39, 0.29) is 0 Å². The molecule has 0 aliphatic heterocycles. The van der Waals surface area contributed by atoms with E-state index < -0.39 is 0 Å². The van der Waals surface area contributed by atoms with Crippen molar-refractivity contribution < 1.29 is 8.97 Å². The van der Waals surface area contributed by atoms with Gasteiger partial charge in [0.25, 0.3) is 0 Å². The molecule has 47 heavy (non-hydrogen) atoms. The zero-order valence-electron chi connectivity index (χ0n) is 31.6. The Morgan fingerprint density at radius 3 is 1.32 bits per heavy atom.